The average molecular weight is 898 g/mol. The molecule has 11 rings (SSSR count). The van der Waals surface area contributed by atoms with Crippen LogP contribution >= 0.6 is 7.68 Å². The third-order valence-electron chi connectivity index (χ3n) is 13.8. The number of hydrogen-bond acceptors (Lipinski definition) is 1. The van der Waals surface area contributed by atoms with E-state index in [1.807, 2.05) is 26.0 Å². The van der Waals surface area contributed by atoms with Gasteiger partial charge in [0.2, 0.25) is 0 Å². The number of nitrogens with zero attached hydrogens (tertiary/aromatic N) is 1. The number of allylic oxidation sites excluding steroid dienone is 9. The van der Waals surface area contributed by atoms with Gasteiger partial charge in [0.05, 0.1) is 5.41 Å². The molecule has 1 unspecified atom stereocenters. The van der Waals surface area contributed by atoms with Crippen molar-refractivity contribution in [2.75, 3.05) is 4.67 Å². The molecule has 0 bridgehead atoms. The minimum absolute atomic E-state index is 0.0574. The lowest BCUT2D eigenvalue weighted by molar-refractivity contribution is 0.654. The van der Waals surface area contributed by atoms with Crippen molar-refractivity contribution in [1.82, 2.24) is 0 Å². The van der Waals surface area contributed by atoms with Gasteiger partial charge in [0.15, 0.2) is 0 Å². The van der Waals surface area contributed by atoms with Crippen LogP contribution in [0.3, 0.4) is 0 Å². The second kappa shape index (κ2) is 19.4. The molecule has 1 atom stereocenters. The summed E-state index contributed by atoms with van der Waals surface area (Å²) in [5.41, 5.74) is 22.5. The fourth-order valence-corrected chi connectivity index (χ4v) is 12.9. The number of benzene rings is 7. The smallest absolute Gasteiger partial charge is 0.0713 e. The van der Waals surface area contributed by atoms with E-state index in [0.29, 0.717) is 0 Å². The van der Waals surface area contributed by atoms with E-state index in [-0.39, 0.29) is 5.41 Å². The van der Waals surface area contributed by atoms with Gasteiger partial charge in [-0.3, -0.25) is 0 Å². The maximum atomic E-state index is 4.60. The molecule has 0 saturated heterocycles. The molecular formula is C66H60NP. The lowest BCUT2D eigenvalue weighted by Gasteiger charge is -2.34. The Bertz CT molecular complexity index is 3190. The molecule has 8 aromatic rings. The zero-order valence-corrected chi connectivity index (χ0v) is 41.0. The first-order chi connectivity index (χ1) is 33.2. The Kier molecular flexibility index (Phi) is 13.1. The second-order valence-corrected chi connectivity index (χ2v) is 19.7. The van der Waals surface area contributed by atoms with Crippen LogP contribution in [0.5, 0.6) is 0 Å². The number of aryl methyl sites for hydroxylation is 1. The molecular weight excluding hydrogens is 838 g/mol. The molecule has 0 amide bonds. The molecule has 1 nitrogen and oxygen atoms in total. The summed E-state index contributed by atoms with van der Waals surface area (Å²) >= 11 is 0. The Morgan fingerprint density at radius 2 is 1.15 bits per heavy atom. The monoisotopic (exact) mass is 897 g/mol. The third-order valence-corrected chi connectivity index (χ3v) is 15.9. The summed E-state index contributed by atoms with van der Waals surface area (Å²) in [4.78, 5) is 0. The van der Waals surface area contributed by atoms with Gasteiger partial charge >= 0.3 is 0 Å². The number of rotatable bonds is 8. The molecule has 2 heteroatoms. The molecule has 0 fully saturated rings. The van der Waals surface area contributed by atoms with Gasteiger partial charge < -0.3 is 4.67 Å². The van der Waals surface area contributed by atoms with Crippen LogP contribution < -0.4 is 4.67 Å². The largest absolute Gasteiger partial charge is 0.301 e. The summed E-state index contributed by atoms with van der Waals surface area (Å²) in [5, 5.41) is 0. The Hall–Kier alpha value is -7.44. The molecule has 0 aliphatic heterocycles. The van der Waals surface area contributed by atoms with E-state index in [1.165, 1.54) is 94.9 Å². The van der Waals surface area contributed by atoms with Crippen molar-refractivity contribution >= 4 is 24.5 Å². The van der Waals surface area contributed by atoms with E-state index in [0.717, 1.165) is 12.0 Å². The van der Waals surface area contributed by atoms with Crippen LogP contribution in [-0.4, -0.2) is 0 Å². The van der Waals surface area contributed by atoms with Gasteiger partial charge in [-0.1, -0.05) is 242 Å². The van der Waals surface area contributed by atoms with Crippen molar-refractivity contribution in [3.05, 3.63) is 305 Å². The maximum Gasteiger partial charge on any atom is 0.0713 e. The second-order valence-electron chi connectivity index (χ2n) is 18.0. The fraction of sp³-hybridized carbons (Fsp3) is 0.121. The summed E-state index contributed by atoms with van der Waals surface area (Å²) in [6.07, 6.45) is 11.4. The molecule has 0 radical (unpaired) electrons. The molecule has 0 N–H and O–H groups in total. The Labute approximate surface area is 406 Å². The molecule has 1 aromatic heterocycles. The zero-order valence-electron chi connectivity index (χ0n) is 40.1. The van der Waals surface area contributed by atoms with E-state index in [4.69, 9.17) is 0 Å². The standard InChI is InChI=1S/C49H38NP.C15H16.C2H6/c1-35-31-32-51(34-35)50(41-27-25-38(26-28-41)37-16-6-3-7-17-37)42-22-14-15-36(2)43-29-30-47-48(45(43)33-42)44-23-12-13-24-46(44)49(47,39-18-8-4-9-19-39)40-20-10-5-11-21-40;1-5-11-12-9-7-8-10-14(12)15(3,4)13(11)6-2;1-2/h3-32,34H,2,33H2,1H3;5-10H,1-2H2,3-4H3;1-2H3/b15-14-,42-22+;;. The summed E-state index contributed by atoms with van der Waals surface area (Å²) in [5.74, 6) is 4.82. The van der Waals surface area contributed by atoms with Gasteiger partial charge in [-0.05, 0) is 133 Å². The lowest BCUT2D eigenvalue weighted by Crippen LogP contribution is -2.28. The van der Waals surface area contributed by atoms with Crippen molar-refractivity contribution in [3.8, 4) is 22.3 Å². The van der Waals surface area contributed by atoms with Crippen molar-refractivity contribution in [2.45, 2.75) is 51.9 Å². The normalized spacial score (nSPS) is 16.0. The minimum Gasteiger partial charge on any atom is -0.301 e. The summed E-state index contributed by atoms with van der Waals surface area (Å²) in [6, 6.07) is 66.5. The van der Waals surface area contributed by atoms with E-state index in [2.05, 4.69) is 257 Å². The van der Waals surface area contributed by atoms with Crippen molar-refractivity contribution in [3.63, 3.8) is 0 Å². The predicted molar refractivity (Wildman–Crippen MR) is 295 cm³/mol. The number of anilines is 1. The first kappa shape index (κ1) is 45.7. The summed E-state index contributed by atoms with van der Waals surface area (Å²) < 4.78 is 2.58. The van der Waals surface area contributed by atoms with Crippen LogP contribution in [0.15, 0.2) is 255 Å². The highest BCUT2D eigenvalue weighted by molar-refractivity contribution is 7.50. The van der Waals surface area contributed by atoms with Gasteiger partial charge in [0, 0.05) is 23.2 Å². The first-order valence-corrected chi connectivity index (χ1v) is 25.3. The van der Waals surface area contributed by atoms with Crippen LogP contribution in [0.2, 0.25) is 0 Å². The van der Waals surface area contributed by atoms with E-state index in [9.17, 15) is 0 Å². The average Bonchev–Trinajstić information content (AvgIpc) is 4.02. The lowest BCUT2D eigenvalue weighted by atomic mass is 9.67. The maximum absolute atomic E-state index is 4.60. The molecule has 3 aliphatic carbocycles. The van der Waals surface area contributed by atoms with Gasteiger partial charge in [-0.2, -0.15) is 0 Å². The zero-order chi connectivity index (χ0) is 47.4. The topological polar surface area (TPSA) is 3.24 Å². The highest BCUT2D eigenvalue weighted by Crippen LogP contribution is 2.58. The van der Waals surface area contributed by atoms with Crippen LogP contribution in [0.25, 0.3) is 33.4 Å². The Morgan fingerprint density at radius 3 is 1.75 bits per heavy atom. The van der Waals surface area contributed by atoms with Crippen LogP contribution in [-0.2, 0) is 17.3 Å². The van der Waals surface area contributed by atoms with Gasteiger partial charge in [-0.15, -0.1) is 0 Å². The Morgan fingerprint density at radius 1 is 0.574 bits per heavy atom. The summed E-state index contributed by atoms with van der Waals surface area (Å²) in [6.45, 7) is 23.1. The van der Waals surface area contributed by atoms with E-state index < -0.39 is 13.1 Å². The van der Waals surface area contributed by atoms with E-state index >= 15 is 0 Å². The van der Waals surface area contributed by atoms with Crippen molar-refractivity contribution in [1.29, 1.82) is 0 Å². The van der Waals surface area contributed by atoms with Crippen LogP contribution in [0.1, 0.15) is 77.8 Å². The molecule has 68 heavy (non-hydrogen) atoms. The number of hydrogen-bond donors (Lipinski definition) is 0. The fourth-order valence-electron chi connectivity index (χ4n) is 10.8. The first-order valence-electron chi connectivity index (χ1n) is 23.9. The third kappa shape index (κ3) is 7.92. The highest BCUT2D eigenvalue weighted by Gasteiger charge is 2.47. The molecule has 334 valence electrons. The quantitative estimate of drug-likeness (QED) is 0.147. The predicted octanol–water partition coefficient (Wildman–Crippen LogP) is 18.1. The van der Waals surface area contributed by atoms with Gasteiger partial charge in [-0.25, -0.2) is 0 Å². The SMILES string of the molecule is C=C1/C=C\C=C(\N(c2ccc(-c3ccccc3)cc2)p2ccc(C)c2)Cc2c1ccc1c2-c2ccccc2C1(c1ccccc1)c1ccccc1.C=CC1=C(C=C)C(C)(C)c2ccccc21.CC. The molecule has 7 aromatic carbocycles. The van der Waals surface area contributed by atoms with E-state index in [1.54, 1.807) is 0 Å². The minimum atomic E-state index is -0.715. The highest BCUT2D eigenvalue weighted by atomic mass is 31.1. The van der Waals surface area contributed by atoms with Crippen LogP contribution in [0.4, 0.5) is 5.69 Å². The molecule has 0 spiro atoms. The Balaban J connectivity index is 0.000000288. The molecule has 3 aliphatic rings. The molecule has 1 heterocycles. The summed E-state index contributed by atoms with van der Waals surface area (Å²) in [7, 11) is -0.715. The molecule has 0 saturated carbocycles. The number of fused-ring (bicyclic) bond motifs is 6. The van der Waals surface area contributed by atoms with Crippen molar-refractivity contribution < 1.29 is 0 Å². The van der Waals surface area contributed by atoms with Gasteiger partial charge in [0.1, 0.15) is 0 Å². The van der Waals surface area contributed by atoms with Crippen LogP contribution in [0, 0.1) is 6.92 Å². The van der Waals surface area contributed by atoms with Gasteiger partial charge in [0.25, 0.3) is 0 Å². The van der Waals surface area contributed by atoms with Crippen molar-refractivity contribution in [2.24, 2.45) is 0 Å².